The predicted octanol–water partition coefficient (Wildman–Crippen LogP) is 3.60. The van der Waals surface area contributed by atoms with E-state index in [1.54, 1.807) is 0 Å². The molecular weight excluding hydrogens is 290 g/mol. The Morgan fingerprint density at radius 1 is 0.600 bits per heavy atom. The van der Waals surface area contributed by atoms with Crippen molar-refractivity contribution in [3.8, 4) is 22.6 Å². The SMILES string of the molecule is Oc1c(F)cc(-c2c(F)c(F)c(O)c(F)c2F)cc1F. The van der Waals surface area contributed by atoms with E-state index >= 15 is 0 Å². The smallest absolute Gasteiger partial charge is 0.204 e. The minimum atomic E-state index is -2.10. The molecule has 0 saturated heterocycles. The Hall–Kier alpha value is -2.38. The maximum atomic E-state index is 13.5. The zero-order valence-electron chi connectivity index (χ0n) is 9.32. The van der Waals surface area contributed by atoms with Crippen LogP contribution >= 0.6 is 0 Å². The van der Waals surface area contributed by atoms with Crippen molar-refractivity contribution in [3.63, 3.8) is 0 Å². The summed E-state index contributed by atoms with van der Waals surface area (Å²) in [6, 6.07) is 0.575. The highest BCUT2D eigenvalue weighted by atomic mass is 19.2. The zero-order valence-corrected chi connectivity index (χ0v) is 9.32. The van der Waals surface area contributed by atoms with Gasteiger partial charge in [0.1, 0.15) is 0 Å². The number of phenols is 2. The Bertz CT molecular complexity index is 662. The average Bonchev–Trinajstić information content (AvgIpc) is 2.40. The predicted molar refractivity (Wildman–Crippen MR) is 55.0 cm³/mol. The van der Waals surface area contributed by atoms with Crippen molar-refractivity contribution in [3.05, 3.63) is 47.0 Å². The maximum Gasteiger partial charge on any atom is 0.204 e. The van der Waals surface area contributed by atoms with E-state index in [-0.39, 0.29) is 12.1 Å². The van der Waals surface area contributed by atoms with E-state index in [0.29, 0.717) is 0 Å². The molecule has 106 valence electrons. The summed E-state index contributed by atoms with van der Waals surface area (Å²) in [5, 5.41) is 17.6. The molecule has 0 atom stereocenters. The third-order valence-corrected chi connectivity index (χ3v) is 2.55. The second kappa shape index (κ2) is 4.62. The summed E-state index contributed by atoms with van der Waals surface area (Å²) in [7, 11) is 0. The molecule has 0 aromatic heterocycles. The molecule has 2 aromatic rings. The van der Waals surface area contributed by atoms with Crippen LogP contribution in [-0.2, 0) is 0 Å². The summed E-state index contributed by atoms with van der Waals surface area (Å²) in [5.74, 6) is -14.7. The lowest BCUT2D eigenvalue weighted by Crippen LogP contribution is -2.01. The van der Waals surface area contributed by atoms with Gasteiger partial charge in [0.25, 0.3) is 0 Å². The molecule has 0 saturated carbocycles. The lowest BCUT2D eigenvalue weighted by Gasteiger charge is -2.10. The molecule has 0 aliphatic rings. The van der Waals surface area contributed by atoms with E-state index in [9.17, 15) is 26.3 Å². The lowest BCUT2D eigenvalue weighted by atomic mass is 10.0. The van der Waals surface area contributed by atoms with Crippen molar-refractivity contribution in [1.82, 2.24) is 0 Å². The summed E-state index contributed by atoms with van der Waals surface area (Å²) in [6.07, 6.45) is 0. The van der Waals surface area contributed by atoms with Gasteiger partial charge in [0.2, 0.25) is 11.6 Å². The van der Waals surface area contributed by atoms with Crippen LogP contribution in [-0.4, -0.2) is 10.2 Å². The molecule has 2 aromatic carbocycles. The van der Waals surface area contributed by atoms with Crippen LogP contribution in [0.15, 0.2) is 12.1 Å². The average molecular weight is 294 g/mol. The minimum Gasteiger partial charge on any atom is -0.503 e. The number of benzene rings is 2. The summed E-state index contributed by atoms with van der Waals surface area (Å²) in [5.41, 5.74) is -2.29. The standard InChI is InChI=1S/C12H4F6O2/c13-4-1-3(2-5(14)11(4)19)6-7(15)9(17)12(20)10(18)8(6)16/h1-2,19-20H. The second-order valence-electron chi connectivity index (χ2n) is 3.77. The first-order chi connectivity index (χ1) is 9.25. The van der Waals surface area contributed by atoms with Crippen LogP contribution < -0.4 is 0 Å². The largest absolute Gasteiger partial charge is 0.503 e. The van der Waals surface area contributed by atoms with Crippen molar-refractivity contribution < 1.29 is 36.6 Å². The second-order valence-corrected chi connectivity index (χ2v) is 3.77. The van der Waals surface area contributed by atoms with Crippen LogP contribution in [0, 0.1) is 34.9 Å². The van der Waals surface area contributed by atoms with Crippen molar-refractivity contribution in [2.75, 3.05) is 0 Å². The monoisotopic (exact) mass is 294 g/mol. The molecule has 2 nitrogen and oxygen atoms in total. The first kappa shape index (κ1) is 14.0. The van der Waals surface area contributed by atoms with Crippen molar-refractivity contribution in [2.45, 2.75) is 0 Å². The molecule has 2 rings (SSSR count). The topological polar surface area (TPSA) is 40.5 Å². The van der Waals surface area contributed by atoms with Gasteiger partial charge >= 0.3 is 0 Å². The number of rotatable bonds is 1. The van der Waals surface area contributed by atoms with Gasteiger partial charge in [0.15, 0.2) is 34.8 Å². The zero-order chi connectivity index (χ0) is 15.2. The molecule has 0 aliphatic carbocycles. The highest BCUT2D eigenvalue weighted by molar-refractivity contribution is 5.67. The van der Waals surface area contributed by atoms with Crippen LogP contribution in [0.4, 0.5) is 26.3 Å². The van der Waals surface area contributed by atoms with Crippen molar-refractivity contribution >= 4 is 0 Å². The van der Waals surface area contributed by atoms with Gasteiger partial charge in [-0.05, 0) is 17.7 Å². The molecule has 0 spiro atoms. The summed E-state index contributed by atoms with van der Waals surface area (Å²) < 4.78 is 79.5. The third kappa shape index (κ3) is 1.93. The van der Waals surface area contributed by atoms with Crippen LogP contribution in [0.3, 0.4) is 0 Å². The Morgan fingerprint density at radius 2 is 1.00 bits per heavy atom. The van der Waals surface area contributed by atoms with E-state index in [0.717, 1.165) is 0 Å². The van der Waals surface area contributed by atoms with Gasteiger partial charge in [-0.1, -0.05) is 0 Å². The Balaban J connectivity index is 2.83. The van der Waals surface area contributed by atoms with Gasteiger partial charge in [0, 0.05) is 0 Å². The fraction of sp³-hybridized carbons (Fsp3) is 0. The summed E-state index contributed by atoms with van der Waals surface area (Å²) >= 11 is 0. The van der Waals surface area contributed by atoms with Gasteiger partial charge in [-0.15, -0.1) is 0 Å². The van der Waals surface area contributed by atoms with Gasteiger partial charge in [-0.2, -0.15) is 8.78 Å². The Morgan fingerprint density at radius 3 is 1.40 bits per heavy atom. The molecule has 0 unspecified atom stereocenters. The molecule has 0 radical (unpaired) electrons. The van der Waals surface area contributed by atoms with Gasteiger partial charge in [-0.25, -0.2) is 17.6 Å². The fourth-order valence-corrected chi connectivity index (χ4v) is 1.58. The normalized spacial score (nSPS) is 10.9. The number of hydrogen-bond acceptors (Lipinski definition) is 2. The van der Waals surface area contributed by atoms with E-state index in [2.05, 4.69) is 0 Å². The Labute approximate surface area is 107 Å². The molecule has 0 heterocycles. The number of halogens is 6. The first-order valence-electron chi connectivity index (χ1n) is 4.99. The van der Waals surface area contributed by atoms with E-state index in [1.807, 2.05) is 0 Å². The third-order valence-electron chi connectivity index (χ3n) is 2.55. The summed E-state index contributed by atoms with van der Waals surface area (Å²) in [4.78, 5) is 0. The Kier molecular flexibility index (Phi) is 3.24. The molecule has 2 N–H and O–H groups in total. The van der Waals surface area contributed by atoms with Crippen LogP contribution in [0.2, 0.25) is 0 Å². The fourth-order valence-electron chi connectivity index (χ4n) is 1.58. The van der Waals surface area contributed by atoms with Gasteiger partial charge in [-0.3, -0.25) is 0 Å². The van der Waals surface area contributed by atoms with E-state index in [1.165, 1.54) is 0 Å². The van der Waals surface area contributed by atoms with Crippen molar-refractivity contribution in [2.24, 2.45) is 0 Å². The van der Waals surface area contributed by atoms with Crippen LogP contribution in [0.1, 0.15) is 0 Å². The molecule has 0 amide bonds. The lowest BCUT2D eigenvalue weighted by molar-refractivity contribution is 0.358. The van der Waals surface area contributed by atoms with Crippen LogP contribution in [0.5, 0.6) is 11.5 Å². The quantitative estimate of drug-likeness (QED) is 0.623. The van der Waals surface area contributed by atoms with Crippen molar-refractivity contribution in [1.29, 1.82) is 0 Å². The number of hydrogen-bond donors (Lipinski definition) is 2. The van der Waals surface area contributed by atoms with Crippen LogP contribution in [0.25, 0.3) is 11.1 Å². The summed E-state index contributed by atoms with van der Waals surface area (Å²) in [6.45, 7) is 0. The number of phenolic OH excluding ortho intramolecular Hbond substituents is 2. The molecule has 8 heteroatoms. The highest BCUT2D eigenvalue weighted by Gasteiger charge is 2.27. The molecular formula is C12H4F6O2. The first-order valence-corrected chi connectivity index (χ1v) is 4.99. The molecule has 20 heavy (non-hydrogen) atoms. The molecule has 0 bridgehead atoms. The molecule has 0 aliphatic heterocycles. The van der Waals surface area contributed by atoms with E-state index in [4.69, 9.17) is 10.2 Å². The van der Waals surface area contributed by atoms with Gasteiger partial charge < -0.3 is 10.2 Å². The van der Waals surface area contributed by atoms with Gasteiger partial charge in [0.05, 0.1) is 5.56 Å². The minimum absolute atomic E-state index is 0.288. The molecule has 0 fully saturated rings. The van der Waals surface area contributed by atoms with E-state index < -0.39 is 57.5 Å². The maximum absolute atomic E-state index is 13.5. The number of aromatic hydroxyl groups is 2. The highest BCUT2D eigenvalue weighted by Crippen LogP contribution is 2.36.